The Bertz CT molecular complexity index is 454. The smallest absolute Gasteiger partial charge is 0.288 e. The summed E-state index contributed by atoms with van der Waals surface area (Å²) in [4.78, 5) is 10.3. The number of aryl methyl sites for hydroxylation is 1. The molecule has 0 radical (unpaired) electrons. The van der Waals surface area contributed by atoms with E-state index in [0.29, 0.717) is 26.4 Å². The van der Waals surface area contributed by atoms with E-state index in [1.54, 1.807) is 20.1 Å². The maximum atomic E-state index is 10.7. The van der Waals surface area contributed by atoms with Gasteiger partial charge in [-0.1, -0.05) is 11.6 Å². The summed E-state index contributed by atoms with van der Waals surface area (Å²) < 4.78 is 10.2. The van der Waals surface area contributed by atoms with E-state index < -0.39 is 4.92 Å². The summed E-state index contributed by atoms with van der Waals surface area (Å²) in [5, 5.41) is 14.1. The molecule has 0 heterocycles. The Hall–Kier alpha value is -1.37. The third kappa shape index (κ3) is 5.32. The van der Waals surface area contributed by atoms with Gasteiger partial charge in [0.25, 0.3) is 5.69 Å². The van der Waals surface area contributed by atoms with Crippen molar-refractivity contribution >= 4 is 23.0 Å². The van der Waals surface area contributed by atoms with Gasteiger partial charge in [0, 0.05) is 32.0 Å². The molecule has 1 N–H and O–H groups in total. The molecule has 0 aliphatic rings. The average molecular weight is 303 g/mol. The van der Waals surface area contributed by atoms with Crippen molar-refractivity contribution in [2.24, 2.45) is 0 Å². The Labute approximate surface area is 123 Å². The van der Waals surface area contributed by atoms with Gasteiger partial charge in [-0.25, -0.2) is 0 Å². The van der Waals surface area contributed by atoms with Crippen molar-refractivity contribution in [1.82, 2.24) is 0 Å². The summed E-state index contributed by atoms with van der Waals surface area (Å²) >= 11 is 5.87. The Morgan fingerprint density at radius 3 is 2.75 bits per heavy atom. The fourth-order valence-corrected chi connectivity index (χ4v) is 1.87. The average Bonchev–Trinajstić information content (AvgIpc) is 2.40. The number of hydrogen-bond acceptors (Lipinski definition) is 5. The Balaban J connectivity index is 2.41. The number of halogens is 1. The molecule has 0 amide bonds. The van der Waals surface area contributed by atoms with Crippen LogP contribution in [-0.2, 0) is 9.47 Å². The normalized spacial score (nSPS) is 10.6. The first-order chi connectivity index (χ1) is 9.56. The number of methoxy groups -OCH3 is 1. The summed E-state index contributed by atoms with van der Waals surface area (Å²) in [5.74, 6) is 0. The topological polar surface area (TPSA) is 73.6 Å². The van der Waals surface area contributed by atoms with E-state index in [-0.39, 0.29) is 10.7 Å². The van der Waals surface area contributed by atoms with E-state index in [1.165, 1.54) is 6.07 Å². The monoisotopic (exact) mass is 302 g/mol. The minimum Gasteiger partial charge on any atom is -0.385 e. The third-order valence-electron chi connectivity index (χ3n) is 2.70. The van der Waals surface area contributed by atoms with Gasteiger partial charge < -0.3 is 14.8 Å². The molecular formula is C13H19ClN2O4. The molecule has 0 fully saturated rings. The molecule has 0 aliphatic carbocycles. The molecule has 0 bridgehead atoms. The van der Waals surface area contributed by atoms with E-state index in [0.717, 1.165) is 17.7 Å². The molecule has 20 heavy (non-hydrogen) atoms. The van der Waals surface area contributed by atoms with E-state index >= 15 is 0 Å². The molecule has 0 spiro atoms. The summed E-state index contributed by atoms with van der Waals surface area (Å²) in [7, 11) is 1.63. The molecule has 1 aromatic carbocycles. The fraction of sp³-hybridized carbons (Fsp3) is 0.538. The van der Waals surface area contributed by atoms with Crippen molar-refractivity contribution in [3.8, 4) is 0 Å². The molecule has 0 saturated carbocycles. The van der Waals surface area contributed by atoms with Gasteiger partial charge in [0.15, 0.2) is 0 Å². The standard InChI is InChI=1S/C13H19ClN2O4/c1-10-8-13(16(17)18)11(14)9-12(10)15-4-3-5-20-7-6-19-2/h8-9,15H,3-7H2,1-2H3. The number of rotatable bonds is 9. The predicted molar refractivity (Wildman–Crippen MR) is 78.6 cm³/mol. The van der Waals surface area contributed by atoms with Crippen molar-refractivity contribution in [3.05, 3.63) is 32.8 Å². The summed E-state index contributed by atoms with van der Waals surface area (Å²) in [5.41, 5.74) is 1.52. The maximum Gasteiger partial charge on any atom is 0.288 e. The lowest BCUT2D eigenvalue weighted by Crippen LogP contribution is -2.09. The second kappa shape index (κ2) is 8.73. The van der Waals surface area contributed by atoms with Gasteiger partial charge >= 0.3 is 0 Å². The van der Waals surface area contributed by atoms with Crippen LogP contribution in [0.25, 0.3) is 0 Å². The number of hydrogen-bond donors (Lipinski definition) is 1. The van der Waals surface area contributed by atoms with Crippen LogP contribution in [0.1, 0.15) is 12.0 Å². The van der Waals surface area contributed by atoms with Crippen LogP contribution < -0.4 is 5.32 Å². The number of nitrogens with one attached hydrogen (secondary N) is 1. The molecule has 112 valence electrons. The summed E-state index contributed by atoms with van der Waals surface area (Å²) in [6, 6.07) is 3.06. The van der Waals surface area contributed by atoms with Crippen LogP contribution in [0, 0.1) is 17.0 Å². The van der Waals surface area contributed by atoms with Gasteiger partial charge in [-0.2, -0.15) is 0 Å². The Morgan fingerprint density at radius 1 is 1.35 bits per heavy atom. The van der Waals surface area contributed by atoms with Crippen molar-refractivity contribution in [3.63, 3.8) is 0 Å². The SMILES string of the molecule is COCCOCCCNc1cc(Cl)c([N+](=O)[O-])cc1C. The quantitative estimate of drug-likeness (QED) is 0.431. The second-order valence-corrected chi connectivity index (χ2v) is 4.67. The molecule has 6 nitrogen and oxygen atoms in total. The molecule has 0 aliphatic heterocycles. The van der Waals surface area contributed by atoms with Crippen molar-refractivity contribution < 1.29 is 14.4 Å². The van der Waals surface area contributed by atoms with Gasteiger partial charge in [0.05, 0.1) is 18.1 Å². The zero-order valence-electron chi connectivity index (χ0n) is 11.6. The fourth-order valence-electron chi connectivity index (χ4n) is 1.64. The van der Waals surface area contributed by atoms with Crippen LogP contribution in [-0.4, -0.2) is 38.4 Å². The van der Waals surface area contributed by atoms with Crippen molar-refractivity contribution in [2.45, 2.75) is 13.3 Å². The number of benzene rings is 1. The largest absolute Gasteiger partial charge is 0.385 e. The van der Waals surface area contributed by atoms with Gasteiger partial charge in [-0.15, -0.1) is 0 Å². The number of nitro benzene ring substituents is 1. The number of nitro groups is 1. The zero-order valence-corrected chi connectivity index (χ0v) is 12.4. The molecule has 7 heteroatoms. The number of ether oxygens (including phenoxy) is 2. The Morgan fingerprint density at radius 2 is 2.10 bits per heavy atom. The van der Waals surface area contributed by atoms with Gasteiger partial charge in [0.2, 0.25) is 0 Å². The van der Waals surface area contributed by atoms with E-state index in [9.17, 15) is 10.1 Å². The lowest BCUT2D eigenvalue weighted by atomic mass is 10.1. The van der Waals surface area contributed by atoms with Gasteiger partial charge in [-0.05, 0) is 25.0 Å². The molecule has 0 atom stereocenters. The lowest BCUT2D eigenvalue weighted by Gasteiger charge is -2.10. The van der Waals surface area contributed by atoms with Crippen molar-refractivity contribution in [1.29, 1.82) is 0 Å². The lowest BCUT2D eigenvalue weighted by molar-refractivity contribution is -0.384. The summed E-state index contributed by atoms with van der Waals surface area (Å²) in [6.45, 7) is 4.32. The van der Waals surface area contributed by atoms with Gasteiger partial charge in [0.1, 0.15) is 5.02 Å². The van der Waals surface area contributed by atoms with Crippen LogP contribution in [0.5, 0.6) is 0 Å². The first kappa shape index (κ1) is 16.7. The van der Waals surface area contributed by atoms with E-state index in [1.807, 2.05) is 0 Å². The molecule has 0 unspecified atom stereocenters. The highest BCUT2D eigenvalue weighted by Crippen LogP contribution is 2.30. The molecule has 1 rings (SSSR count). The van der Waals surface area contributed by atoms with Crippen molar-refractivity contribution in [2.75, 3.05) is 38.8 Å². The number of anilines is 1. The third-order valence-corrected chi connectivity index (χ3v) is 3.01. The van der Waals surface area contributed by atoms with Crippen LogP contribution >= 0.6 is 11.6 Å². The maximum absolute atomic E-state index is 10.7. The highest BCUT2D eigenvalue weighted by atomic mass is 35.5. The number of nitrogens with zero attached hydrogens (tertiary/aromatic N) is 1. The van der Waals surface area contributed by atoms with Crippen LogP contribution in [0.15, 0.2) is 12.1 Å². The van der Waals surface area contributed by atoms with Crippen LogP contribution in [0.4, 0.5) is 11.4 Å². The van der Waals surface area contributed by atoms with Crippen LogP contribution in [0.2, 0.25) is 5.02 Å². The highest BCUT2D eigenvalue weighted by molar-refractivity contribution is 6.33. The zero-order chi connectivity index (χ0) is 15.0. The van der Waals surface area contributed by atoms with Gasteiger partial charge in [-0.3, -0.25) is 10.1 Å². The molecule has 0 aromatic heterocycles. The first-order valence-corrected chi connectivity index (χ1v) is 6.69. The minimum atomic E-state index is -0.483. The summed E-state index contributed by atoms with van der Waals surface area (Å²) in [6.07, 6.45) is 0.831. The first-order valence-electron chi connectivity index (χ1n) is 6.31. The molecule has 1 aromatic rings. The Kier molecular flexibility index (Phi) is 7.28. The molecular weight excluding hydrogens is 284 g/mol. The van der Waals surface area contributed by atoms with E-state index in [2.05, 4.69) is 5.32 Å². The second-order valence-electron chi connectivity index (χ2n) is 4.26. The predicted octanol–water partition coefficient (Wildman–Crippen LogP) is 3.02. The minimum absolute atomic E-state index is 0.0717. The molecule has 0 saturated heterocycles. The van der Waals surface area contributed by atoms with E-state index in [4.69, 9.17) is 21.1 Å². The van der Waals surface area contributed by atoms with Crippen LogP contribution in [0.3, 0.4) is 0 Å². The highest BCUT2D eigenvalue weighted by Gasteiger charge is 2.14.